The molecule has 1 atom stereocenters. The molecule has 2 amide bonds. The van der Waals surface area contributed by atoms with Crippen molar-refractivity contribution in [3.05, 3.63) is 41.7 Å². The number of amides is 2. The summed E-state index contributed by atoms with van der Waals surface area (Å²) in [5, 5.41) is 18.7. The van der Waals surface area contributed by atoms with Crippen molar-refractivity contribution in [2.75, 3.05) is 11.6 Å². The monoisotopic (exact) mass is 315 g/mol. The Hall–Kier alpha value is -2.46. The topological polar surface area (TPSA) is 82.7 Å². The zero-order valence-electron chi connectivity index (χ0n) is 12.6. The third kappa shape index (κ3) is 3.80. The Morgan fingerprint density at radius 3 is 2.86 bits per heavy atom. The van der Waals surface area contributed by atoms with Crippen LogP contribution in [0, 0.1) is 11.3 Å². The molecule has 0 spiro atoms. The van der Waals surface area contributed by atoms with Crippen LogP contribution >= 0.6 is 11.8 Å². The van der Waals surface area contributed by atoms with E-state index in [0.717, 1.165) is 10.5 Å². The summed E-state index contributed by atoms with van der Waals surface area (Å²) in [6, 6.07) is 6.81. The average molecular weight is 315 g/mol. The molecule has 1 aromatic heterocycles. The fourth-order valence-corrected chi connectivity index (χ4v) is 2.51. The summed E-state index contributed by atoms with van der Waals surface area (Å²) < 4.78 is 1.69. The van der Waals surface area contributed by atoms with Gasteiger partial charge in [0.05, 0.1) is 29.6 Å². The van der Waals surface area contributed by atoms with Gasteiger partial charge in [-0.25, -0.2) is 4.79 Å². The van der Waals surface area contributed by atoms with Crippen molar-refractivity contribution in [3.63, 3.8) is 0 Å². The van der Waals surface area contributed by atoms with E-state index in [4.69, 9.17) is 5.26 Å². The first-order valence-electron chi connectivity index (χ1n) is 6.67. The van der Waals surface area contributed by atoms with Crippen molar-refractivity contribution in [1.29, 1.82) is 5.26 Å². The SMILES string of the molecule is CSc1ccc(C#N)cc1NC(=O)NC(C)c1cnn(C)c1. The summed E-state index contributed by atoms with van der Waals surface area (Å²) in [6.45, 7) is 1.89. The molecular formula is C15H17N5OS. The van der Waals surface area contributed by atoms with Crippen molar-refractivity contribution >= 4 is 23.5 Å². The Labute approximate surface area is 133 Å². The average Bonchev–Trinajstić information content (AvgIpc) is 2.93. The molecule has 0 radical (unpaired) electrons. The van der Waals surface area contributed by atoms with Crippen molar-refractivity contribution in [1.82, 2.24) is 15.1 Å². The van der Waals surface area contributed by atoms with Gasteiger partial charge in [0, 0.05) is 23.7 Å². The summed E-state index contributed by atoms with van der Waals surface area (Å²) in [4.78, 5) is 13.0. The standard InChI is InChI=1S/C15H17N5OS/c1-10(12-8-17-20(2)9-12)18-15(21)19-13-6-11(7-16)4-5-14(13)22-3/h4-6,8-10H,1-3H3,(H2,18,19,21). The molecule has 7 heteroatoms. The largest absolute Gasteiger partial charge is 0.331 e. The minimum absolute atomic E-state index is 0.162. The lowest BCUT2D eigenvalue weighted by Crippen LogP contribution is -2.31. The predicted molar refractivity (Wildman–Crippen MR) is 86.7 cm³/mol. The molecule has 0 saturated heterocycles. The lowest BCUT2D eigenvalue weighted by atomic mass is 10.2. The van der Waals surface area contributed by atoms with Crippen LogP contribution in [0.25, 0.3) is 0 Å². The van der Waals surface area contributed by atoms with E-state index in [0.29, 0.717) is 11.3 Å². The summed E-state index contributed by atoms with van der Waals surface area (Å²) in [6.07, 6.45) is 5.49. The van der Waals surface area contributed by atoms with Crippen LogP contribution in [0.15, 0.2) is 35.5 Å². The molecule has 1 aromatic carbocycles. The Balaban J connectivity index is 2.07. The smallest absolute Gasteiger partial charge is 0.319 e. The highest BCUT2D eigenvalue weighted by atomic mass is 32.2. The highest BCUT2D eigenvalue weighted by molar-refractivity contribution is 7.98. The third-order valence-corrected chi connectivity index (χ3v) is 3.95. The molecule has 114 valence electrons. The van der Waals surface area contributed by atoms with Gasteiger partial charge in [-0.05, 0) is 31.4 Å². The molecule has 6 nitrogen and oxygen atoms in total. The number of nitrogens with one attached hydrogen (secondary N) is 2. The van der Waals surface area contributed by atoms with Gasteiger partial charge in [0.15, 0.2) is 0 Å². The fraction of sp³-hybridized carbons (Fsp3) is 0.267. The predicted octanol–water partition coefficient (Wildman–Crippen LogP) is 2.90. The number of nitrogens with zero attached hydrogens (tertiary/aromatic N) is 3. The maximum Gasteiger partial charge on any atom is 0.319 e. The van der Waals surface area contributed by atoms with Gasteiger partial charge in [0.25, 0.3) is 0 Å². The van der Waals surface area contributed by atoms with Crippen molar-refractivity contribution in [3.8, 4) is 6.07 Å². The van der Waals surface area contributed by atoms with Crippen LogP contribution in [0.3, 0.4) is 0 Å². The molecule has 2 aromatic rings. The molecular weight excluding hydrogens is 298 g/mol. The number of thioether (sulfide) groups is 1. The van der Waals surface area contributed by atoms with Crippen LogP contribution < -0.4 is 10.6 Å². The number of carbonyl (C=O) groups is 1. The van der Waals surface area contributed by atoms with E-state index in [1.54, 1.807) is 23.0 Å². The molecule has 0 fully saturated rings. The Bertz CT molecular complexity index is 719. The number of aryl methyl sites for hydroxylation is 1. The van der Waals surface area contributed by atoms with E-state index in [1.807, 2.05) is 32.5 Å². The minimum atomic E-state index is -0.318. The molecule has 0 saturated carbocycles. The van der Waals surface area contributed by atoms with Gasteiger partial charge in [-0.15, -0.1) is 11.8 Å². The first kappa shape index (κ1) is 15.9. The van der Waals surface area contributed by atoms with E-state index < -0.39 is 0 Å². The Morgan fingerprint density at radius 1 is 1.50 bits per heavy atom. The molecule has 0 bridgehead atoms. The van der Waals surface area contributed by atoms with E-state index in [1.165, 1.54) is 11.8 Å². The Kier molecular flexibility index (Phi) is 5.07. The quantitative estimate of drug-likeness (QED) is 0.850. The maximum atomic E-state index is 12.1. The highest BCUT2D eigenvalue weighted by Gasteiger charge is 2.13. The number of benzene rings is 1. The number of hydrogen-bond donors (Lipinski definition) is 2. The second kappa shape index (κ2) is 7.00. The molecule has 22 heavy (non-hydrogen) atoms. The van der Waals surface area contributed by atoms with E-state index in [-0.39, 0.29) is 12.1 Å². The molecule has 2 rings (SSSR count). The lowest BCUT2D eigenvalue weighted by Gasteiger charge is -2.15. The van der Waals surface area contributed by atoms with Gasteiger partial charge in [0.2, 0.25) is 0 Å². The number of aromatic nitrogens is 2. The van der Waals surface area contributed by atoms with Gasteiger partial charge >= 0.3 is 6.03 Å². The molecule has 1 unspecified atom stereocenters. The van der Waals surface area contributed by atoms with Crippen LogP contribution in [0.2, 0.25) is 0 Å². The van der Waals surface area contributed by atoms with Crippen molar-refractivity contribution in [2.45, 2.75) is 17.9 Å². The van der Waals surface area contributed by atoms with Gasteiger partial charge < -0.3 is 10.6 Å². The van der Waals surface area contributed by atoms with Crippen molar-refractivity contribution < 1.29 is 4.79 Å². The highest BCUT2D eigenvalue weighted by Crippen LogP contribution is 2.26. The van der Waals surface area contributed by atoms with Crippen LogP contribution in [-0.2, 0) is 7.05 Å². The number of anilines is 1. The summed E-state index contributed by atoms with van der Waals surface area (Å²) in [7, 11) is 1.83. The number of nitriles is 1. The zero-order chi connectivity index (χ0) is 16.1. The second-order valence-electron chi connectivity index (χ2n) is 4.79. The first-order valence-corrected chi connectivity index (χ1v) is 7.90. The van der Waals surface area contributed by atoms with E-state index >= 15 is 0 Å². The normalized spacial score (nSPS) is 11.5. The van der Waals surface area contributed by atoms with Gasteiger partial charge in [-0.3, -0.25) is 4.68 Å². The summed E-state index contributed by atoms with van der Waals surface area (Å²) >= 11 is 1.51. The van der Waals surface area contributed by atoms with Crippen LogP contribution in [-0.4, -0.2) is 22.1 Å². The van der Waals surface area contributed by atoms with Crippen LogP contribution in [0.1, 0.15) is 24.1 Å². The van der Waals surface area contributed by atoms with Crippen molar-refractivity contribution in [2.24, 2.45) is 7.05 Å². The van der Waals surface area contributed by atoms with Gasteiger partial charge in [-0.2, -0.15) is 10.4 Å². The first-order chi connectivity index (χ1) is 10.5. The third-order valence-electron chi connectivity index (χ3n) is 3.15. The lowest BCUT2D eigenvalue weighted by molar-refractivity contribution is 0.249. The molecule has 0 aliphatic rings. The number of hydrogen-bond acceptors (Lipinski definition) is 4. The molecule has 2 N–H and O–H groups in total. The fourth-order valence-electron chi connectivity index (χ4n) is 1.98. The number of urea groups is 1. The van der Waals surface area contributed by atoms with E-state index in [2.05, 4.69) is 21.8 Å². The zero-order valence-corrected chi connectivity index (χ0v) is 13.4. The molecule has 1 heterocycles. The van der Waals surface area contributed by atoms with Crippen LogP contribution in [0.4, 0.5) is 10.5 Å². The summed E-state index contributed by atoms with van der Waals surface area (Å²) in [5.74, 6) is 0. The number of rotatable bonds is 4. The Morgan fingerprint density at radius 2 is 2.27 bits per heavy atom. The van der Waals surface area contributed by atoms with E-state index in [9.17, 15) is 4.79 Å². The van der Waals surface area contributed by atoms with Gasteiger partial charge in [-0.1, -0.05) is 0 Å². The second-order valence-corrected chi connectivity index (χ2v) is 5.64. The number of carbonyl (C=O) groups excluding carboxylic acids is 1. The maximum absolute atomic E-state index is 12.1. The molecule has 0 aliphatic carbocycles. The minimum Gasteiger partial charge on any atom is -0.331 e. The van der Waals surface area contributed by atoms with Gasteiger partial charge in [0.1, 0.15) is 0 Å². The van der Waals surface area contributed by atoms with Crippen LogP contribution in [0.5, 0.6) is 0 Å². The molecule has 0 aliphatic heterocycles. The summed E-state index contributed by atoms with van der Waals surface area (Å²) in [5.41, 5.74) is 2.06.